The van der Waals surface area contributed by atoms with Crippen molar-refractivity contribution in [2.24, 2.45) is 0 Å². The molecule has 3 heteroatoms. The van der Waals surface area contributed by atoms with Crippen molar-refractivity contribution in [3.05, 3.63) is 35.4 Å². The number of carbonyl (C=O) groups is 1. The third-order valence-electron chi connectivity index (χ3n) is 3.06. The summed E-state index contributed by atoms with van der Waals surface area (Å²) in [6.07, 6.45) is 1.24. The lowest BCUT2D eigenvalue weighted by Gasteiger charge is -2.28. The maximum atomic E-state index is 12.1. The van der Waals surface area contributed by atoms with Crippen molar-refractivity contribution in [3.8, 4) is 0 Å². The van der Waals surface area contributed by atoms with E-state index in [-0.39, 0.29) is 5.91 Å². The second kappa shape index (κ2) is 6.71. The first-order valence-corrected chi connectivity index (χ1v) is 6.87. The van der Waals surface area contributed by atoms with Gasteiger partial charge in [0, 0.05) is 19.5 Å². The second-order valence-corrected chi connectivity index (χ2v) is 5.71. The van der Waals surface area contributed by atoms with E-state index in [2.05, 4.69) is 31.2 Å². The van der Waals surface area contributed by atoms with Gasteiger partial charge in [0.15, 0.2) is 0 Å². The molecule has 1 rings (SSSR count). The fourth-order valence-electron chi connectivity index (χ4n) is 2.01. The Kier molecular flexibility index (Phi) is 5.55. The molecule has 1 amide bonds. The van der Waals surface area contributed by atoms with Gasteiger partial charge in [0.2, 0.25) is 5.91 Å². The molecule has 19 heavy (non-hydrogen) atoms. The van der Waals surface area contributed by atoms with Gasteiger partial charge in [-0.3, -0.25) is 4.79 Å². The van der Waals surface area contributed by atoms with Crippen molar-refractivity contribution in [1.29, 1.82) is 0 Å². The highest BCUT2D eigenvalue weighted by atomic mass is 16.3. The number of hydrogen-bond donors (Lipinski definition) is 1. The first-order chi connectivity index (χ1) is 8.81. The van der Waals surface area contributed by atoms with Crippen LogP contribution in [0.25, 0.3) is 0 Å². The molecule has 0 aliphatic rings. The highest BCUT2D eigenvalue weighted by Gasteiger charge is 2.20. The molecule has 1 N–H and O–H groups in total. The van der Waals surface area contributed by atoms with Crippen LogP contribution in [0.15, 0.2) is 24.3 Å². The number of benzene rings is 1. The van der Waals surface area contributed by atoms with Crippen LogP contribution in [0.2, 0.25) is 0 Å². The highest BCUT2D eigenvalue weighted by molar-refractivity contribution is 5.76. The molecule has 1 aromatic rings. The molecule has 0 aliphatic heterocycles. The lowest BCUT2D eigenvalue weighted by molar-refractivity contribution is -0.133. The van der Waals surface area contributed by atoms with E-state index in [4.69, 9.17) is 0 Å². The molecule has 0 saturated carbocycles. The number of carbonyl (C=O) groups excluding carboxylic acids is 1. The van der Waals surface area contributed by atoms with Gasteiger partial charge in [-0.05, 0) is 39.7 Å². The van der Waals surface area contributed by atoms with Gasteiger partial charge in [-0.25, -0.2) is 0 Å². The van der Waals surface area contributed by atoms with Gasteiger partial charge in [0.1, 0.15) is 0 Å². The van der Waals surface area contributed by atoms with Crippen molar-refractivity contribution < 1.29 is 9.90 Å². The van der Waals surface area contributed by atoms with Crippen molar-refractivity contribution >= 4 is 5.91 Å². The summed E-state index contributed by atoms with van der Waals surface area (Å²) in [6.45, 7) is 8.46. The van der Waals surface area contributed by atoms with Gasteiger partial charge in [0.25, 0.3) is 0 Å². The molecule has 0 aromatic heterocycles. The summed E-state index contributed by atoms with van der Waals surface area (Å²) in [7, 11) is 0. The van der Waals surface area contributed by atoms with E-state index < -0.39 is 5.60 Å². The predicted octanol–water partition coefficient (Wildman–Crippen LogP) is 2.55. The Labute approximate surface area is 116 Å². The van der Waals surface area contributed by atoms with E-state index in [0.29, 0.717) is 19.5 Å². The zero-order valence-corrected chi connectivity index (χ0v) is 12.4. The molecular formula is C16H25NO2. The van der Waals surface area contributed by atoms with E-state index in [0.717, 1.165) is 6.42 Å². The van der Waals surface area contributed by atoms with Gasteiger partial charge < -0.3 is 10.0 Å². The minimum Gasteiger partial charge on any atom is -0.389 e. The number of likely N-dealkylation sites (N-methyl/N-ethyl adjacent to an activating group) is 1. The summed E-state index contributed by atoms with van der Waals surface area (Å²) in [6, 6.07) is 8.26. The summed E-state index contributed by atoms with van der Waals surface area (Å²) in [5.41, 5.74) is 1.57. The van der Waals surface area contributed by atoms with Crippen LogP contribution < -0.4 is 0 Å². The van der Waals surface area contributed by atoms with Gasteiger partial charge in [-0.1, -0.05) is 29.8 Å². The summed E-state index contributed by atoms with van der Waals surface area (Å²) < 4.78 is 0. The summed E-state index contributed by atoms with van der Waals surface area (Å²) in [4.78, 5) is 13.8. The largest absolute Gasteiger partial charge is 0.389 e. The van der Waals surface area contributed by atoms with Crippen LogP contribution in [0, 0.1) is 6.92 Å². The number of hydrogen-bond acceptors (Lipinski definition) is 2. The lowest BCUT2D eigenvalue weighted by atomic mass is 10.1. The Balaban J connectivity index is 2.51. The Bertz CT molecular complexity index is 404. The molecule has 3 nitrogen and oxygen atoms in total. The Morgan fingerprint density at radius 2 is 1.84 bits per heavy atom. The maximum absolute atomic E-state index is 12.1. The number of nitrogens with zero attached hydrogens (tertiary/aromatic N) is 1. The summed E-state index contributed by atoms with van der Waals surface area (Å²) in [5, 5.41) is 9.79. The van der Waals surface area contributed by atoms with Crippen LogP contribution in [0.4, 0.5) is 0 Å². The molecule has 0 bridgehead atoms. The fourth-order valence-corrected chi connectivity index (χ4v) is 2.01. The predicted molar refractivity (Wildman–Crippen MR) is 78.1 cm³/mol. The van der Waals surface area contributed by atoms with E-state index in [1.165, 1.54) is 11.1 Å². The van der Waals surface area contributed by atoms with Crippen LogP contribution >= 0.6 is 0 Å². The topological polar surface area (TPSA) is 40.5 Å². The van der Waals surface area contributed by atoms with Crippen molar-refractivity contribution in [2.75, 3.05) is 13.1 Å². The Hall–Kier alpha value is -1.35. The Morgan fingerprint density at radius 1 is 1.26 bits per heavy atom. The van der Waals surface area contributed by atoms with Gasteiger partial charge in [0.05, 0.1) is 5.60 Å². The maximum Gasteiger partial charge on any atom is 0.222 e. The van der Waals surface area contributed by atoms with Crippen LogP contribution in [-0.4, -0.2) is 34.6 Å². The molecule has 0 fully saturated rings. The molecule has 0 saturated heterocycles. The van der Waals surface area contributed by atoms with Gasteiger partial charge >= 0.3 is 0 Å². The zero-order valence-electron chi connectivity index (χ0n) is 12.4. The SMILES string of the molecule is CCN(CC(C)(C)O)C(=O)CCc1ccc(C)cc1. The number of amides is 1. The average Bonchev–Trinajstić information content (AvgIpc) is 2.34. The van der Waals surface area contributed by atoms with E-state index in [1.54, 1.807) is 18.7 Å². The molecule has 0 spiro atoms. The number of aryl methyl sites for hydroxylation is 2. The third kappa shape index (κ3) is 5.88. The van der Waals surface area contributed by atoms with Gasteiger partial charge in [-0.15, -0.1) is 0 Å². The van der Waals surface area contributed by atoms with Crippen molar-refractivity contribution in [3.63, 3.8) is 0 Å². The van der Waals surface area contributed by atoms with Crippen molar-refractivity contribution in [2.45, 2.75) is 46.1 Å². The van der Waals surface area contributed by atoms with E-state index in [9.17, 15) is 9.90 Å². The third-order valence-corrected chi connectivity index (χ3v) is 3.06. The molecule has 0 unspecified atom stereocenters. The molecule has 0 atom stereocenters. The minimum absolute atomic E-state index is 0.102. The number of rotatable bonds is 6. The number of aliphatic hydroxyl groups is 1. The van der Waals surface area contributed by atoms with E-state index in [1.807, 2.05) is 6.92 Å². The first kappa shape index (κ1) is 15.7. The Morgan fingerprint density at radius 3 is 2.32 bits per heavy atom. The standard InChI is InChI=1S/C16H25NO2/c1-5-17(12-16(3,4)19)15(18)11-10-14-8-6-13(2)7-9-14/h6-9,19H,5,10-12H2,1-4H3. The quantitative estimate of drug-likeness (QED) is 0.857. The van der Waals surface area contributed by atoms with Crippen LogP contribution in [-0.2, 0) is 11.2 Å². The lowest BCUT2D eigenvalue weighted by Crippen LogP contribution is -2.42. The average molecular weight is 263 g/mol. The van der Waals surface area contributed by atoms with Gasteiger partial charge in [-0.2, -0.15) is 0 Å². The zero-order chi connectivity index (χ0) is 14.5. The molecule has 0 aliphatic carbocycles. The van der Waals surface area contributed by atoms with E-state index >= 15 is 0 Å². The smallest absolute Gasteiger partial charge is 0.222 e. The molecular weight excluding hydrogens is 238 g/mol. The molecule has 0 radical (unpaired) electrons. The summed E-state index contributed by atoms with van der Waals surface area (Å²) >= 11 is 0. The van der Waals surface area contributed by atoms with Crippen molar-refractivity contribution in [1.82, 2.24) is 4.90 Å². The monoisotopic (exact) mass is 263 g/mol. The normalized spacial score (nSPS) is 11.4. The summed E-state index contributed by atoms with van der Waals surface area (Å²) in [5.74, 6) is 0.102. The fraction of sp³-hybridized carbons (Fsp3) is 0.562. The van der Waals surface area contributed by atoms with Crippen LogP contribution in [0.5, 0.6) is 0 Å². The first-order valence-electron chi connectivity index (χ1n) is 6.87. The van der Waals surface area contributed by atoms with Crippen LogP contribution in [0.1, 0.15) is 38.3 Å². The molecule has 0 heterocycles. The molecule has 1 aromatic carbocycles. The highest BCUT2D eigenvalue weighted by Crippen LogP contribution is 2.10. The van der Waals surface area contributed by atoms with Crippen LogP contribution in [0.3, 0.4) is 0 Å². The second-order valence-electron chi connectivity index (χ2n) is 5.71. The molecule has 106 valence electrons. The minimum atomic E-state index is -0.838.